The van der Waals surface area contributed by atoms with Gasteiger partial charge < -0.3 is 0 Å². The number of hydrogen-bond acceptors (Lipinski definition) is 5. The lowest BCUT2D eigenvalue weighted by molar-refractivity contribution is 0.373. The van der Waals surface area contributed by atoms with Gasteiger partial charge in [0.25, 0.3) is 0 Å². The molecule has 0 aliphatic rings. The Kier molecular flexibility index (Phi) is 6.77. The number of tetrazole rings is 1. The molecular formula is C26H33N7O. The van der Waals surface area contributed by atoms with Crippen LogP contribution in [0.1, 0.15) is 63.9 Å². The highest BCUT2D eigenvalue weighted by Gasteiger charge is 2.24. The van der Waals surface area contributed by atoms with E-state index in [-0.39, 0.29) is 11.2 Å². The molecule has 0 radical (unpaired) electrons. The molecule has 0 fully saturated rings. The summed E-state index contributed by atoms with van der Waals surface area (Å²) in [6.45, 7) is 11.1. The van der Waals surface area contributed by atoms with Gasteiger partial charge >= 0.3 is 5.69 Å². The van der Waals surface area contributed by atoms with Crippen LogP contribution < -0.4 is 5.69 Å². The van der Waals surface area contributed by atoms with Crippen LogP contribution in [0.4, 0.5) is 0 Å². The molecule has 3 aromatic heterocycles. The normalized spacial score (nSPS) is 11.8. The smallest absolute Gasteiger partial charge is 0.292 e. The third-order valence-electron chi connectivity index (χ3n) is 6.22. The number of aromatic nitrogens is 7. The van der Waals surface area contributed by atoms with Crippen molar-refractivity contribution in [3.63, 3.8) is 0 Å². The first kappa shape index (κ1) is 23.6. The molecule has 178 valence electrons. The average molecular weight is 460 g/mol. The van der Waals surface area contributed by atoms with Crippen molar-refractivity contribution in [1.29, 1.82) is 0 Å². The standard InChI is InChI=1S/C26H33N7O/c1-6-7-8-9-23-18(2)33(26(3,4)5)25(34)32(23)17-19-10-12-20(13-11-19)22-16-27-15-14-21(22)24-28-30-31-29-24/h10-16H,6-9,17H2,1-5H3,(H,28,29,30,31). The lowest BCUT2D eigenvalue weighted by Gasteiger charge is -2.21. The Hall–Kier alpha value is -3.55. The number of rotatable bonds is 8. The number of hydrogen-bond donors (Lipinski definition) is 1. The first-order valence-electron chi connectivity index (χ1n) is 11.9. The maximum Gasteiger partial charge on any atom is 0.329 e. The van der Waals surface area contributed by atoms with Crippen LogP contribution in [0.3, 0.4) is 0 Å². The topological polar surface area (TPSA) is 94.3 Å². The second-order valence-electron chi connectivity index (χ2n) is 9.73. The van der Waals surface area contributed by atoms with E-state index < -0.39 is 0 Å². The predicted octanol–water partition coefficient (Wildman–Crippen LogP) is 4.74. The number of aromatic amines is 1. The molecule has 0 spiro atoms. The van der Waals surface area contributed by atoms with Gasteiger partial charge in [-0.3, -0.25) is 14.1 Å². The Balaban J connectivity index is 1.67. The molecule has 4 aromatic rings. The first-order valence-corrected chi connectivity index (χ1v) is 11.9. The molecule has 0 bridgehead atoms. The van der Waals surface area contributed by atoms with Crippen LogP contribution >= 0.6 is 0 Å². The Morgan fingerprint density at radius 3 is 2.44 bits per heavy atom. The van der Waals surface area contributed by atoms with E-state index in [9.17, 15) is 4.79 Å². The minimum Gasteiger partial charge on any atom is -0.292 e. The van der Waals surface area contributed by atoms with E-state index in [1.54, 1.807) is 6.20 Å². The third-order valence-corrected chi connectivity index (χ3v) is 6.22. The minimum atomic E-state index is -0.262. The summed E-state index contributed by atoms with van der Waals surface area (Å²) >= 11 is 0. The zero-order chi connectivity index (χ0) is 24.3. The fourth-order valence-electron chi connectivity index (χ4n) is 4.59. The summed E-state index contributed by atoms with van der Waals surface area (Å²) in [7, 11) is 0. The van der Waals surface area contributed by atoms with E-state index in [0.717, 1.165) is 59.3 Å². The Labute approximate surface area is 200 Å². The molecule has 0 unspecified atom stereocenters. The number of unbranched alkanes of at least 4 members (excludes halogenated alkanes) is 2. The van der Waals surface area contributed by atoms with Gasteiger partial charge in [0.1, 0.15) is 0 Å². The summed E-state index contributed by atoms with van der Waals surface area (Å²) in [6, 6.07) is 10.2. The zero-order valence-electron chi connectivity index (χ0n) is 20.7. The van der Waals surface area contributed by atoms with Gasteiger partial charge in [-0.1, -0.05) is 44.0 Å². The molecule has 8 nitrogen and oxygen atoms in total. The predicted molar refractivity (Wildman–Crippen MR) is 134 cm³/mol. The zero-order valence-corrected chi connectivity index (χ0v) is 20.7. The number of H-pyrrole nitrogens is 1. The molecule has 0 aliphatic heterocycles. The van der Waals surface area contributed by atoms with Gasteiger partial charge in [-0.2, -0.15) is 0 Å². The first-order chi connectivity index (χ1) is 16.3. The third kappa shape index (κ3) is 4.71. The average Bonchev–Trinajstić information content (AvgIpc) is 3.42. The molecular weight excluding hydrogens is 426 g/mol. The lowest BCUT2D eigenvalue weighted by Crippen LogP contribution is -2.35. The lowest BCUT2D eigenvalue weighted by atomic mass is 10.0. The second-order valence-corrected chi connectivity index (χ2v) is 9.73. The molecule has 4 rings (SSSR count). The van der Waals surface area contributed by atoms with Gasteiger partial charge in [0.05, 0.1) is 6.54 Å². The quantitative estimate of drug-likeness (QED) is 0.384. The summed E-state index contributed by atoms with van der Waals surface area (Å²) in [5.74, 6) is 0.601. The van der Waals surface area contributed by atoms with Crippen molar-refractivity contribution in [2.24, 2.45) is 0 Å². The van der Waals surface area contributed by atoms with Gasteiger partial charge in [-0.15, -0.1) is 5.10 Å². The highest BCUT2D eigenvalue weighted by Crippen LogP contribution is 2.29. The van der Waals surface area contributed by atoms with Gasteiger partial charge in [-0.05, 0) is 68.2 Å². The van der Waals surface area contributed by atoms with E-state index in [4.69, 9.17) is 0 Å². The van der Waals surface area contributed by atoms with Crippen LogP contribution in [0.15, 0.2) is 47.5 Å². The van der Waals surface area contributed by atoms with Crippen molar-refractivity contribution >= 4 is 0 Å². The van der Waals surface area contributed by atoms with Gasteiger partial charge in [0.15, 0.2) is 5.82 Å². The number of pyridine rings is 1. The highest BCUT2D eigenvalue weighted by atomic mass is 16.2. The summed E-state index contributed by atoms with van der Waals surface area (Å²) in [4.78, 5) is 17.7. The van der Waals surface area contributed by atoms with E-state index in [2.05, 4.69) is 84.5 Å². The van der Waals surface area contributed by atoms with Crippen molar-refractivity contribution in [1.82, 2.24) is 34.7 Å². The van der Waals surface area contributed by atoms with Crippen LogP contribution in [-0.4, -0.2) is 34.7 Å². The molecule has 0 amide bonds. The van der Waals surface area contributed by atoms with Crippen LogP contribution in [0.25, 0.3) is 22.5 Å². The molecule has 0 saturated heterocycles. The van der Waals surface area contributed by atoms with Gasteiger partial charge in [-0.25, -0.2) is 9.89 Å². The van der Waals surface area contributed by atoms with Crippen LogP contribution in [0, 0.1) is 6.92 Å². The maximum absolute atomic E-state index is 13.5. The van der Waals surface area contributed by atoms with E-state index in [0.29, 0.717) is 12.4 Å². The number of nitrogens with zero attached hydrogens (tertiary/aromatic N) is 6. The van der Waals surface area contributed by atoms with E-state index in [1.165, 1.54) is 0 Å². The number of imidazole rings is 1. The van der Waals surface area contributed by atoms with Gasteiger partial charge in [0, 0.05) is 40.4 Å². The van der Waals surface area contributed by atoms with Crippen molar-refractivity contribution in [2.45, 2.75) is 72.4 Å². The second kappa shape index (κ2) is 9.75. The number of benzene rings is 1. The van der Waals surface area contributed by atoms with E-state index >= 15 is 0 Å². The van der Waals surface area contributed by atoms with Crippen molar-refractivity contribution in [2.75, 3.05) is 0 Å². The summed E-state index contributed by atoms with van der Waals surface area (Å²) < 4.78 is 3.90. The molecule has 8 heteroatoms. The summed E-state index contributed by atoms with van der Waals surface area (Å²) in [5, 5.41) is 14.2. The fraction of sp³-hybridized carbons (Fsp3) is 0.423. The molecule has 0 saturated carbocycles. The largest absolute Gasteiger partial charge is 0.329 e. The van der Waals surface area contributed by atoms with Crippen LogP contribution in [-0.2, 0) is 18.5 Å². The molecule has 1 N–H and O–H groups in total. The van der Waals surface area contributed by atoms with Crippen LogP contribution in [0.5, 0.6) is 0 Å². The minimum absolute atomic E-state index is 0.0629. The Morgan fingerprint density at radius 2 is 1.79 bits per heavy atom. The van der Waals surface area contributed by atoms with Gasteiger partial charge in [0.2, 0.25) is 0 Å². The monoisotopic (exact) mass is 459 g/mol. The van der Waals surface area contributed by atoms with Crippen molar-refractivity contribution < 1.29 is 0 Å². The Morgan fingerprint density at radius 1 is 1.03 bits per heavy atom. The van der Waals surface area contributed by atoms with Crippen molar-refractivity contribution in [3.8, 4) is 22.5 Å². The summed E-state index contributed by atoms with van der Waals surface area (Å²) in [5.41, 5.74) is 5.95. The molecule has 1 aromatic carbocycles. The van der Waals surface area contributed by atoms with Crippen LogP contribution in [0.2, 0.25) is 0 Å². The van der Waals surface area contributed by atoms with E-state index in [1.807, 2.05) is 21.4 Å². The Bertz CT molecular complexity index is 1290. The molecule has 34 heavy (non-hydrogen) atoms. The highest BCUT2D eigenvalue weighted by molar-refractivity contribution is 5.79. The molecule has 3 heterocycles. The fourth-order valence-corrected chi connectivity index (χ4v) is 4.59. The van der Waals surface area contributed by atoms with Crippen molar-refractivity contribution in [3.05, 3.63) is 70.2 Å². The molecule has 0 atom stereocenters. The SMILES string of the molecule is CCCCCc1c(C)n(C(C)(C)C)c(=O)n1Cc1ccc(-c2cnccc2-c2nnn[nH]2)cc1. The summed E-state index contributed by atoms with van der Waals surface area (Å²) in [6.07, 6.45) is 7.87. The number of nitrogens with one attached hydrogen (secondary N) is 1. The maximum atomic E-state index is 13.5. The molecule has 0 aliphatic carbocycles.